The van der Waals surface area contributed by atoms with Gasteiger partial charge in [0.25, 0.3) is 0 Å². The number of aryl methyl sites for hydroxylation is 2. The molecule has 1 aromatic heterocycles. The quantitative estimate of drug-likeness (QED) is 0.925. The van der Waals surface area contributed by atoms with Gasteiger partial charge in [0.2, 0.25) is 0 Å². The number of nitrogens with zero attached hydrogens (tertiary/aromatic N) is 2. The summed E-state index contributed by atoms with van der Waals surface area (Å²) in [5, 5.41) is 5.21. The van der Waals surface area contributed by atoms with Crippen LogP contribution < -0.4 is 5.32 Å². The zero-order chi connectivity index (χ0) is 14.7. The molecule has 21 heavy (non-hydrogen) atoms. The van der Waals surface area contributed by atoms with E-state index >= 15 is 0 Å². The predicted octanol–water partition coefficient (Wildman–Crippen LogP) is 3.33. The van der Waals surface area contributed by atoms with Crippen molar-refractivity contribution in [2.24, 2.45) is 0 Å². The summed E-state index contributed by atoms with van der Waals surface area (Å²) in [5.74, 6) is 0. The summed E-state index contributed by atoms with van der Waals surface area (Å²) in [6.45, 7) is 9.18. The maximum atomic E-state index is 5.10. The van der Waals surface area contributed by atoms with Crippen LogP contribution in [-0.2, 0) is 18.4 Å². The van der Waals surface area contributed by atoms with E-state index in [2.05, 4.69) is 24.1 Å². The molecule has 3 rings (SSSR count). The van der Waals surface area contributed by atoms with Gasteiger partial charge in [0.15, 0.2) is 0 Å². The fourth-order valence-corrected chi connectivity index (χ4v) is 5.24. The Morgan fingerprint density at radius 2 is 2.00 bits per heavy atom. The minimum absolute atomic E-state index is 0.140. The van der Waals surface area contributed by atoms with Gasteiger partial charge in [0, 0.05) is 11.4 Å². The number of aromatic nitrogens is 1. The lowest BCUT2D eigenvalue weighted by molar-refractivity contribution is 0.266. The van der Waals surface area contributed by atoms with Crippen molar-refractivity contribution >= 4 is 11.3 Å². The van der Waals surface area contributed by atoms with E-state index in [4.69, 9.17) is 4.98 Å². The Balaban J connectivity index is 1.87. The molecule has 1 N–H and O–H groups in total. The second-order valence-electron chi connectivity index (χ2n) is 6.50. The molecule has 0 saturated carbocycles. The largest absolute Gasteiger partial charge is 0.306 e. The molecule has 0 bridgehead atoms. The van der Waals surface area contributed by atoms with Crippen molar-refractivity contribution < 1.29 is 0 Å². The van der Waals surface area contributed by atoms with Crippen molar-refractivity contribution in [1.82, 2.24) is 15.2 Å². The average molecular weight is 308 g/mol. The third-order valence-corrected chi connectivity index (χ3v) is 6.51. The number of thiazole rings is 1. The molecule has 1 fully saturated rings. The Kier molecular flexibility index (Phi) is 4.97. The molecule has 1 atom stereocenters. The number of hydrogen-bond acceptors (Lipinski definition) is 4. The first-order valence-electron chi connectivity index (χ1n) is 8.74. The van der Waals surface area contributed by atoms with Gasteiger partial charge >= 0.3 is 0 Å². The molecule has 0 spiro atoms. The SMILES string of the molecule is CCNC1(c2nc3c(s2)CCCC3)CCCN(CC)CC1. The summed E-state index contributed by atoms with van der Waals surface area (Å²) in [7, 11) is 0. The van der Waals surface area contributed by atoms with Gasteiger partial charge in [-0.15, -0.1) is 11.3 Å². The van der Waals surface area contributed by atoms with E-state index in [1.807, 2.05) is 11.3 Å². The fourth-order valence-electron chi connectivity index (χ4n) is 3.87. The number of hydrogen-bond donors (Lipinski definition) is 1. The van der Waals surface area contributed by atoms with E-state index in [1.54, 1.807) is 4.88 Å². The lowest BCUT2D eigenvalue weighted by Gasteiger charge is -2.32. The average Bonchev–Trinajstić information content (AvgIpc) is 2.84. The van der Waals surface area contributed by atoms with Gasteiger partial charge in [-0.1, -0.05) is 13.8 Å². The number of fused-ring (bicyclic) bond motifs is 1. The van der Waals surface area contributed by atoms with Crippen LogP contribution >= 0.6 is 11.3 Å². The highest BCUT2D eigenvalue weighted by molar-refractivity contribution is 7.11. The Hall–Kier alpha value is -0.450. The van der Waals surface area contributed by atoms with Gasteiger partial charge in [-0.25, -0.2) is 4.98 Å². The molecule has 1 aliphatic carbocycles. The third kappa shape index (κ3) is 3.17. The molecule has 1 aliphatic heterocycles. The molecule has 2 aliphatic rings. The summed E-state index contributed by atoms with van der Waals surface area (Å²) in [6, 6.07) is 0. The molecule has 1 unspecified atom stereocenters. The van der Waals surface area contributed by atoms with Crippen molar-refractivity contribution in [2.75, 3.05) is 26.2 Å². The Morgan fingerprint density at radius 1 is 1.14 bits per heavy atom. The Morgan fingerprint density at radius 3 is 2.76 bits per heavy atom. The van der Waals surface area contributed by atoms with E-state index in [0.29, 0.717) is 0 Å². The molecule has 1 aromatic rings. The van der Waals surface area contributed by atoms with Gasteiger partial charge in [0.1, 0.15) is 5.01 Å². The molecule has 0 aromatic carbocycles. The van der Waals surface area contributed by atoms with Crippen LogP contribution in [0.5, 0.6) is 0 Å². The van der Waals surface area contributed by atoms with E-state index in [1.165, 1.54) is 75.3 Å². The first-order chi connectivity index (χ1) is 10.3. The third-order valence-electron chi connectivity index (χ3n) is 5.15. The topological polar surface area (TPSA) is 28.2 Å². The lowest BCUT2D eigenvalue weighted by atomic mass is 9.91. The molecule has 4 heteroatoms. The minimum Gasteiger partial charge on any atom is -0.306 e. The van der Waals surface area contributed by atoms with Gasteiger partial charge in [-0.3, -0.25) is 0 Å². The summed E-state index contributed by atoms with van der Waals surface area (Å²) >= 11 is 2.01. The zero-order valence-electron chi connectivity index (χ0n) is 13.6. The first kappa shape index (κ1) is 15.4. The normalized spacial score (nSPS) is 27.3. The van der Waals surface area contributed by atoms with Crippen LogP contribution in [0.2, 0.25) is 0 Å². The van der Waals surface area contributed by atoms with Crippen LogP contribution in [0, 0.1) is 0 Å². The van der Waals surface area contributed by atoms with Crippen molar-refractivity contribution in [2.45, 2.75) is 64.3 Å². The number of likely N-dealkylation sites (tertiary alicyclic amines) is 1. The van der Waals surface area contributed by atoms with Crippen molar-refractivity contribution in [3.63, 3.8) is 0 Å². The molecule has 3 nitrogen and oxygen atoms in total. The molecule has 0 amide bonds. The first-order valence-corrected chi connectivity index (χ1v) is 9.55. The summed E-state index contributed by atoms with van der Waals surface area (Å²) in [4.78, 5) is 9.26. The van der Waals surface area contributed by atoms with Crippen molar-refractivity contribution in [3.05, 3.63) is 15.6 Å². The van der Waals surface area contributed by atoms with Crippen molar-refractivity contribution in [1.29, 1.82) is 0 Å². The monoisotopic (exact) mass is 307 g/mol. The molecule has 2 heterocycles. The Labute approximate surface area is 133 Å². The highest BCUT2D eigenvalue weighted by Gasteiger charge is 2.37. The van der Waals surface area contributed by atoms with Crippen LogP contribution in [0.3, 0.4) is 0 Å². The minimum atomic E-state index is 0.140. The molecule has 118 valence electrons. The molecular formula is C17H29N3S. The van der Waals surface area contributed by atoms with Gasteiger partial charge in [-0.2, -0.15) is 0 Å². The number of nitrogens with one attached hydrogen (secondary N) is 1. The second-order valence-corrected chi connectivity index (χ2v) is 7.58. The smallest absolute Gasteiger partial charge is 0.113 e. The van der Waals surface area contributed by atoms with Crippen LogP contribution in [-0.4, -0.2) is 36.1 Å². The van der Waals surface area contributed by atoms with Gasteiger partial charge in [-0.05, 0) is 64.6 Å². The van der Waals surface area contributed by atoms with E-state index in [9.17, 15) is 0 Å². The fraction of sp³-hybridized carbons (Fsp3) is 0.824. The predicted molar refractivity (Wildman–Crippen MR) is 90.1 cm³/mol. The summed E-state index contributed by atoms with van der Waals surface area (Å²) in [5.41, 5.74) is 1.55. The number of rotatable bonds is 4. The van der Waals surface area contributed by atoms with Crippen LogP contribution in [0.4, 0.5) is 0 Å². The van der Waals surface area contributed by atoms with Gasteiger partial charge in [0.05, 0.1) is 11.2 Å². The van der Waals surface area contributed by atoms with E-state index in [0.717, 1.165) is 6.54 Å². The van der Waals surface area contributed by atoms with Crippen molar-refractivity contribution in [3.8, 4) is 0 Å². The molecule has 1 saturated heterocycles. The van der Waals surface area contributed by atoms with Crippen LogP contribution in [0.1, 0.15) is 61.5 Å². The summed E-state index contributed by atoms with van der Waals surface area (Å²) in [6.07, 6.45) is 8.88. The van der Waals surface area contributed by atoms with Gasteiger partial charge < -0.3 is 10.2 Å². The zero-order valence-corrected chi connectivity index (χ0v) is 14.4. The lowest BCUT2D eigenvalue weighted by Crippen LogP contribution is -2.43. The highest BCUT2D eigenvalue weighted by atomic mass is 32.1. The summed E-state index contributed by atoms with van der Waals surface area (Å²) < 4.78 is 0. The van der Waals surface area contributed by atoms with E-state index in [-0.39, 0.29) is 5.54 Å². The second kappa shape index (κ2) is 6.76. The maximum Gasteiger partial charge on any atom is 0.113 e. The Bertz CT molecular complexity index is 447. The maximum absolute atomic E-state index is 5.10. The van der Waals surface area contributed by atoms with Crippen LogP contribution in [0.25, 0.3) is 0 Å². The molecular weight excluding hydrogens is 278 g/mol. The van der Waals surface area contributed by atoms with Crippen LogP contribution in [0.15, 0.2) is 0 Å². The molecule has 0 radical (unpaired) electrons. The standard InChI is InChI=1S/C17H29N3S/c1-3-18-17(10-7-12-20(4-2)13-11-17)16-19-14-8-5-6-9-15(14)21-16/h18H,3-13H2,1-2H3. The van der Waals surface area contributed by atoms with E-state index < -0.39 is 0 Å². The highest BCUT2D eigenvalue weighted by Crippen LogP contribution is 2.38.